The number of hydrogen-bond donors (Lipinski definition) is 0. The highest BCUT2D eigenvalue weighted by Gasteiger charge is 0.0000553. The molecule has 0 saturated heterocycles. The summed E-state index contributed by atoms with van der Waals surface area (Å²) < 4.78 is 0. The van der Waals surface area contributed by atoms with E-state index < -0.39 is 0 Å². The maximum absolute atomic E-state index is 0. The van der Waals surface area contributed by atoms with E-state index in [0.29, 0.717) is 0 Å². The molecular formula is CH9BBr3Cl2. The Kier molecular flexibility index (Phi) is 1820. The van der Waals surface area contributed by atoms with E-state index in [1.165, 1.54) is 0 Å². The summed E-state index contributed by atoms with van der Waals surface area (Å²) in [5.41, 5.74) is 0. The van der Waals surface area contributed by atoms with Gasteiger partial charge in [0.2, 0.25) is 0 Å². The first-order valence-electron chi connectivity index (χ1n) is 0. The number of rotatable bonds is 0. The van der Waals surface area contributed by atoms with Crippen LogP contribution in [0.3, 0.4) is 0 Å². The molecular weight excluding hydrogens is 333 g/mol. The van der Waals surface area contributed by atoms with Crippen molar-refractivity contribution in [3.63, 3.8) is 0 Å². The van der Waals surface area contributed by atoms with Crippen LogP contribution in [0.2, 0.25) is 0 Å². The average Bonchev–Trinajstić information content (AvgIpc) is 0. The third-order valence-electron chi connectivity index (χ3n) is 0. The molecule has 6 heteroatoms. The summed E-state index contributed by atoms with van der Waals surface area (Å²) in [5.74, 6) is 0. The Morgan fingerprint density at radius 1 is 0.571 bits per heavy atom. The highest BCUT2D eigenvalue weighted by atomic mass is 79.9. The SMILES string of the molecule is Br.Br.Br.C.Cl.Cl.[B]. The fraction of sp³-hybridized carbons (Fsp3) is 1.00. The second-order valence-electron chi connectivity index (χ2n) is 0. The molecule has 0 rings (SSSR count). The standard InChI is InChI=1S/CH4.B.3BrH.2ClH/h1H4;;5*1H. The van der Waals surface area contributed by atoms with Crippen molar-refractivity contribution in [2.24, 2.45) is 0 Å². The Bertz CT molecular complexity index is 12.9. The lowest BCUT2D eigenvalue weighted by Crippen LogP contribution is -0.381. The van der Waals surface area contributed by atoms with E-state index in [4.69, 9.17) is 0 Å². The second-order valence-corrected chi connectivity index (χ2v) is 0. The lowest BCUT2D eigenvalue weighted by molar-refractivity contribution is 2.50. The van der Waals surface area contributed by atoms with Gasteiger partial charge in [0.05, 0.1) is 0 Å². The molecule has 0 nitrogen and oxygen atoms in total. The summed E-state index contributed by atoms with van der Waals surface area (Å²) in [6, 6.07) is 0. The molecule has 0 aromatic rings. The van der Waals surface area contributed by atoms with Gasteiger partial charge in [0.25, 0.3) is 0 Å². The predicted molar refractivity (Wildman–Crippen MR) is 57.9 cm³/mol. The van der Waals surface area contributed by atoms with Crippen LogP contribution in [-0.4, -0.2) is 8.41 Å². The molecule has 0 amide bonds. The molecule has 3 radical (unpaired) electrons. The summed E-state index contributed by atoms with van der Waals surface area (Å²) in [6.07, 6.45) is 0. The highest BCUT2D eigenvalue weighted by molar-refractivity contribution is 8.93. The van der Waals surface area contributed by atoms with Crippen molar-refractivity contribution in [2.45, 2.75) is 7.43 Å². The fourth-order valence-electron chi connectivity index (χ4n) is 0. The largest absolute Gasteiger partial charge is 0.147 e. The van der Waals surface area contributed by atoms with E-state index >= 15 is 0 Å². The van der Waals surface area contributed by atoms with Crippen LogP contribution in [0.4, 0.5) is 0 Å². The first kappa shape index (κ1) is 137. The molecule has 0 fully saturated rings. The quantitative estimate of drug-likeness (QED) is 0.594. The maximum Gasteiger partial charge on any atom is 0 e. The summed E-state index contributed by atoms with van der Waals surface area (Å²) in [6.45, 7) is 0. The van der Waals surface area contributed by atoms with Crippen molar-refractivity contribution in [1.82, 2.24) is 0 Å². The molecule has 0 N–H and O–H groups in total. The molecule has 0 atom stereocenters. The zero-order chi connectivity index (χ0) is 0. The van der Waals surface area contributed by atoms with Gasteiger partial charge in [-0.3, -0.25) is 0 Å². The lowest BCUT2D eigenvalue weighted by Gasteiger charge is -0.148. The smallest absolute Gasteiger partial charge is 0 e. The summed E-state index contributed by atoms with van der Waals surface area (Å²) in [7, 11) is 0. The van der Waals surface area contributed by atoms with E-state index in [1.54, 1.807) is 0 Å². The third kappa shape index (κ3) is 68.9. The first-order chi connectivity index (χ1) is 0. The van der Waals surface area contributed by atoms with Crippen LogP contribution >= 0.6 is 75.8 Å². The maximum atomic E-state index is 0. The molecule has 0 bridgehead atoms. The van der Waals surface area contributed by atoms with Gasteiger partial charge in [0.1, 0.15) is 0 Å². The summed E-state index contributed by atoms with van der Waals surface area (Å²) >= 11 is 0. The van der Waals surface area contributed by atoms with Gasteiger partial charge in [-0.05, 0) is 0 Å². The number of halogens is 5. The van der Waals surface area contributed by atoms with Crippen LogP contribution in [0.5, 0.6) is 0 Å². The fourth-order valence-corrected chi connectivity index (χ4v) is 0. The van der Waals surface area contributed by atoms with E-state index in [-0.39, 0.29) is 91.6 Å². The second kappa shape index (κ2) is 93.4. The van der Waals surface area contributed by atoms with Crippen molar-refractivity contribution >= 4 is 84.2 Å². The van der Waals surface area contributed by atoms with Crippen LogP contribution in [0, 0.1) is 0 Å². The molecule has 0 aromatic heterocycles. The van der Waals surface area contributed by atoms with Gasteiger partial charge in [-0.2, -0.15) is 0 Å². The lowest BCUT2D eigenvalue weighted by atomic mass is 10.8. The molecule has 0 aromatic carbocycles. The normalized spacial score (nSPS) is 0. The molecule has 7 heavy (non-hydrogen) atoms. The monoisotopic (exact) mass is 339 g/mol. The molecule has 0 saturated carbocycles. The molecule has 0 unspecified atom stereocenters. The predicted octanol–water partition coefficient (Wildman–Crippen LogP) is 2.83. The molecule has 0 aliphatic heterocycles. The van der Waals surface area contributed by atoms with Gasteiger partial charge in [-0.15, -0.1) is 75.8 Å². The minimum atomic E-state index is 0. The minimum Gasteiger partial charge on any atom is -0.147 e. The van der Waals surface area contributed by atoms with Gasteiger partial charge < -0.3 is 0 Å². The van der Waals surface area contributed by atoms with Crippen LogP contribution < -0.4 is 0 Å². The topological polar surface area (TPSA) is 0 Å². The zero-order valence-electron chi connectivity index (χ0n) is 2.62. The van der Waals surface area contributed by atoms with Crippen molar-refractivity contribution in [3.8, 4) is 0 Å². The van der Waals surface area contributed by atoms with Gasteiger partial charge in [0, 0.05) is 8.41 Å². The zero-order valence-corrected chi connectivity index (χ0v) is 9.39. The van der Waals surface area contributed by atoms with Crippen LogP contribution in [-0.2, 0) is 0 Å². The van der Waals surface area contributed by atoms with Gasteiger partial charge in [-0.1, -0.05) is 7.43 Å². The number of hydrogen-bond acceptors (Lipinski definition) is 0. The first-order valence-corrected chi connectivity index (χ1v) is 0. The van der Waals surface area contributed by atoms with Gasteiger partial charge in [-0.25, -0.2) is 0 Å². The Hall–Kier alpha value is 2.08. The van der Waals surface area contributed by atoms with Crippen LogP contribution in [0.15, 0.2) is 0 Å². The van der Waals surface area contributed by atoms with Crippen molar-refractivity contribution in [3.05, 3.63) is 0 Å². The Morgan fingerprint density at radius 2 is 0.571 bits per heavy atom. The van der Waals surface area contributed by atoms with E-state index in [0.717, 1.165) is 0 Å². The summed E-state index contributed by atoms with van der Waals surface area (Å²) in [4.78, 5) is 0. The van der Waals surface area contributed by atoms with Gasteiger partial charge >= 0.3 is 0 Å². The molecule has 0 aliphatic rings. The average molecular weight is 343 g/mol. The minimum absolute atomic E-state index is 0. The van der Waals surface area contributed by atoms with Gasteiger partial charge in [0.15, 0.2) is 0 Å². The van der Waals surface area contributed by atoms with E-state index in [9.17, 15) is 0 Å². The van der Waals surface area contributed by atoms with Crippen LogP contribution in [0.25, 0.3) is 0 Å². The van der Waals surface area contributed by atoms with E-state index in [1.807, 2.05) is 0 Å². The Labute approximate surface area is 90.9 Å². The summed E-state index contributed by atoms with van der Waals surface area (Å²) in [5, 5.41) is 0. The molecule has 0 heterocycles. The molecule has 0 aliphatic carbocycles. The Morgan fingerprint density at radius 3 is 0.571 bits per heavy atom. The van der Waals surface area contributed by atoms with Crippen molar-refractivity contribution in [1.29, 1.82) is 0 Å². The molecule has 0 spiro atoms. The van der Waals surface area contributed by atoms with Crippen molar-refractivity contribution < 1.29 is 0 Å². The van der Waals surface area contributed by atoms with Crippen LogP contribution in [0.1, 0.15) is 7.43 Å². The Balaban J connectivity index is 0. The molecule has 51 valence electrons. The highest BCUT2D eigenvalue weighted by Crippen LogP contribution is 0.848. The van der Waals surface area contributed by atoms with E-state index in [2.05, 4.69) is 0 Å². The van der Waals surface area contributed by atoms with Crippen molar-refractivity contribution in [2.75, 3.05) is 0 Å². The third-order valence-corrected chi connectivity index (χ3v) is 0.